The van der Waals surface area contributed by atoms with E-state index in [1.165, 1.54) is 17.4 Å². The molecule has 1 aromatic carbocycles. The van der Waals surface area contributed by atoms with Crippen molar-refractivity contribution in [2.75, 3.05) is 75.7 Å². The second kappa shape index (κ2) is 11.3. The Kier molecular flexibility index (Phi) is 8.14. The number of piperazine rings is 2. The molecule has 36 heavy (non-hydrogen) atoms. The second-order valence-electron chi connectivity index (χ2n) is 8.69. The maximum atomic E-state index is 13.0. The van der Waals surface area contributed by atoms with Crippen LogP contribution in [0.15, 0.2) is 42.3 Å². The third kappa shape index (κ3) is 6.35. The van der Waals surface area contributed by atoms with Crippen LogP contribution in [0.2, 0.25) is 0 Å². The highest BCUT2D eigenvalue weighted by Crippen LogP contribution is 2.32. The van der Waals surface area contributed by atoms with Crippen molar-refractivity contribution in [1.29, 1.82) is 0 Å². The summed E-state index contributed by atoms with van der Waals surface area (Å²) in [5, 5.41) is 5.49. The topological polar surface area (TPSA) is 72.0 Å². The fourth-order valence-electron chi connectivity index (χ4n) is 4.27. The van der Waals surface area contributed by atoms with Crippen LogP contribution in [0.25, 0.3) is 0 Å². The average Bonchev–Trinajstić information content (AvgIpc) is 3.36. The molecule has 0 bridgehead atoms. The van der Waals surface area contributed by atoms with Crippen LogP contribution >= 0.6 is 11.3 Å². The van der Waals surface area contributed by atoms with Gasteiger partial charge in [-0.3, -0.25) is 14.5 Å². The Bertz CT molecular complexity index is 1080. The van der Waals surface area contributed by atoms with Gasteiger partial charge in [0.15, 0.2) is 5.13 Å². The van der Waals surface area contributed by atoms with Gasteiger partial charge in [-0.15, -0.1) is 17.9 Å². The predicted molar refractivity (Wildman–Crippen MR) is 133 cm³/mol. The summed E-state index contributed by atoms with van der Waals surface area (Å²) in [5.74, 6) is -0.120. The molecule has 12 heteroatoms. The van der Waals surface area contributed by atoms with E-state index in [9.17, 15) is 22.8 Å². The van der Waals surface area contributed by atoms with Crippen molar-refractivity contribution >= 4 is 34.0 Å². The number of thiazole rings is 1. The highest BCUT2D eigenvalue weighted by Gasteiger charge is 2.32. The number of amides is 2. The number of carbonyl (C=O) groups is 2. The molecule has 8 nitrogen and oxygen atoms in total. The Morgan fingerprint density at radius 3 is 2.42 bits per heavy atom. The number of hydrogen-bond acceptors (Lipinski definition) is 7. The van der Waals surface area contributed by atoms with Gasteiger partial charge >= 0.3 is 6.18 Å². The fraction of sp³-hybridized carbons (Fsp3) is 0.458. The minimum Gasteiger partial charge on any atom is -0.368 e. The number of halogens is 3. The molecule has 1 aromatic heterocycles. The molecule has 2 fully saturated rings. The smallest absolute Gasteiger partial charge is 0.368 e. The molecule has 2 aliphatic heterocycles. The van der Waals surface area contributed by atoms with Gasteiger partial charge < -0.3 is 20.0 Å². The monoisotopic (exact) mass is 522 g/mol. The lowest BCUT2D eigenvalue weighted by Gasteiger charge is -2.38. The summed E-state index contributed by atoms with van der Waals surface area (Å²) >= 11 is 1.38. The van der Waals surface area contributed by atoms with E-state index in [1.54, 1.807) is 27.3 Å². The molecule has 194 valence electrons. The Morgan fingerprint density at radius 2 is 1.75 bits per heavy atom. The van der Waals surface area contributed by atoms with E-state index >= 15 is 0 Å². The quantitative estimate of drug-likeness (QED) is 0.564. The molecule has 2 aliphatic rings. The summed E-state index contributed by atoms with van der Waals surface area (Å²) in [6.07, 6.45) is -2.66. The van der Waals surface area contributed by atoms with E-state index in [0.717, 1.165) is 12.1 Å². The third-order valence-corrected chi connectivity index (χ3v) is 7.11. The summed E-state index contributed by atoms with van der Waals surface area (Å²) in [4.78, 5) is 37.3. The van der Waals surface area contributed by atoms with E-state index in [-0.39, 0.29) is 18.4 Å². The first-order valence-corrected chi connectivity index (χ1v) is 12.6. The summed E-state index contributed by atoms with van der Waals surface area (Å²) < 4.78 is 39.0. The minimum absolute atomic E-state index is 0.00379. The van der Waals surface area contributed by atoms with E-state index < -0.39 is 11.7 Å². The number of nitrogens with zero attached hydrogens (tertiary/aromatic N) is 5. The summed E-state index contributed by atoms with van der Waals surface area (Å²) in [7, 11) is 0. The molecule has 0 aliphatic carbocycles. The minimum atomic E-state index is -4.38. The maximum absolute atomic E-state index is 13.0. The van der Waals surface area contributed by atoms with Crippen molar-refractivity contribution < 1.29 is 22.8 Å². The Morgan fingerprint density at radius 1 is 1.06 bits per heavy atom. The van der Waals surface area contributed by atoms with Crippen molar-refractivity contribution in [3.63, 3.8) is 0 Å². The Hall–Kier alpha value is -3.12. The number of rotatable bonds is 7. The zero-order valence-electron chi connectivity index (χ0n) is 19.8. The van der Waals surface area contributed by atoms with E-state index in [2.05, 4.69) is 16.9 Å². The van der Waals surface area contributed by atoms with Gasteiger partial charge in [0.1, 0.15) is 5.69 Å². The van der Waals surface area contributed by atoms with Crippen LogP contribution in [0.5, 0.6) is 0 Å². The van der Waals surface area contributed by atoms with Crippen LogP contribution in [0.1, 0.15) is 16.1 Å². The molecule has 0 spiro atoms. The zero-order valence-corrected chi connectivity index (χ0v) is 20.7. The number of alkyl halides is 3. The van der Waals surface area contributed by atoms with Crippen molar-refractivity contribution in [3.8, 4) is 0 Å². The molecule has 2 saturated heterocycles. The number of aromatic nitrogens is 1. The Balaban J connectivity index is 1.22. The van der Waals surface area contributed by atoms with E-state index in [0.29, 0.717) is 75.4 Å². The van der Waals surface area contributed by atoms with Crippen LogP contribution in [0.4, 0.5) is 24.0 Å². The maximum Gasteiger partial charge on any atom is 0.416 e. The van der Waals surface area contributed by atoms with Crippen molar-refractivity contribution in [3.05, 3.63) is 53.6 Å². The molecule has 2 aromatic rings. The molecular weight excluding hydrogens is 493 g/mol. The van der Waals surface area contributed by atoms with Gasteiger partial charge in [-0.25, -0.2) is 4.98 Å². The molecule has 0 saturated carbocycles. The van der Waals surface area contributed by atoms with Crippen LogP contribution in [0.3, 0.4) is 0 Å². The number of hydrogen-bond donors (Lipinski definition) is 1. The fourth-order valence-corrected chi connectivity index (χ4v) is 4.96. The highest BCUT2D eigenvalue weighted by atomic mass is 32.1. The van der Waals surface area contributed by atoms with E-state index in [4.69, 9.17) is 0 Å². The average molecular weight is 523 g/mol. The van der Waals surface area contributed by atoms with Gasteiger partial charge in [-0.05, 0) is 18.2 Å². The summed E-state index contributed by atoms with van der Waals surface area (Å²) in [5.41, 5.74) is 0.256. The molecule has 1 N–H and O–H groups in total. The zero-order chi connectivity index (χ0) is 25.7. The number of carbonyl (C=O) groups excluding carboxylic acids is 2. The molecular formula is C24H29F3N6O2S. The van der Waals surface area contributed by atoms with Crippen LogP contribution in [-0.4, -0.2) is 96.9 Å². The molecule has 0 radical (unpaired) electrons. The molecule has 4 rings (SSSR count). The number of benzene rings is 1. The van der Waals surface area contributed by atoms with Crippen LogP contribution in [-0.2, 0) is 11.0 Å². The number of nitrogens with one attached hydrogen (secondary N) is 1. The lowest BCUT2D eigenvalue weighted by Crippen LogP contribution is -2.54. The van der Waals surface area contributed by atoms with E-state index in [1.807, 2.05) is 9.80 Å². The largest absolute Gasteiger partial charge is 0.416 e. The standard InChI is InChI=1S/C24H29F3N6O2S/c1-2-6-28-23-29-20(17-36-23)22(35)33-9-7-30(8-10-33)16-21(34)32-13-11-31(12-14-32)19-5-3-4-18(15-19)24(25,26)27/h2-5,15,17H,1,6-14,16H2,(H,28,29). The lowest BCUT2D eigenvalue weighted by atomic mass is 10.1. The van der Waals surface area contributed by atoms with Crippen molar-refractivity contribution in [2.45, 2.75) is 6.18 Å². The van der Waals surface area contributed by atoms with Crippen LogP contribution < -0.4 is 10.2 Å². The SMILES string of the molecule is C=CCNc1nc(C(=O)N2CCN(CC(=O)N3CCN(c4cccc(C(F)(F)F)c4)CC3)CC2)cs1. The molecule has 0 atom stereocenters. The van der Waals surface area contributed by atoms with Crippen LogP contribution in [0, 0.1) is 0 Å². The van der Waals surface area contributed by atoms with Gasteiger partial charge in [0.25, 0.3) is 5.91 Å². The third-order valence-electron chi connectivity index (χ3n) is 6.31. The first kappa shape index (κ1) is 26.0. The highest BCUT2D eigenvalue weighted by molar-refractivity contribution is 7.13. The molecule has 3 heterocycles. The van der Waals surface area contributed by atoms with Gasteiger partial charge in [-0.2, -0.15) is 13.2 Å². The van der Waals surface area contributed by atoms with Gasteiger partial charge in [0.2, 0.25) is 5.91 Å². The second-order valence-corrected chi connectivity index (χ2v) is 9.55. The van der Waals surface area contributed by atoms with Crippen molar-refractivity contribution in [2.24, 2.45) is 0 Å². The van der Waals surface area contributed by atoms with Gasteiger partial charge in [0.05, 0.1) is 12.1 Å². The predicted octanol–water partition coefficient (Wildman–Crippen LogP) is 2.87. The first-order chi connectivity index (χ1) is 17.2. The summed E-state index contributed by atoms with van der Waals surface area (Å²) in [6, 6.07) is 5.29. The molecule has 2 amide bonds. The number of anilines is 2. The van der Waals surface area contributed by atoms with Gasteiger partial charge in [0, 0.05) is 70.0 Å². The molecule has 0 unspecified atom stereocenters. The normalized spacial score (nSPS) is 17.2. The Labute approximate surface area is 212 Å². The van der Waals surface area contributed by atoms with Crippen molar-refractivity contribution in [1.82, 2.24) is 19.7 Å². The lowest BCUT2D eigenvalue weighted by molar-refractivity contribution is -0.137. The summed E-state index contributed by atoms with van der Waals surface area (Å²) in [6.45, 7) is 8.57. The van der Waals surface area contributed by atoms with Gasteiger partial charge in [-0.1, -0.05) is 12.1 Å². The first-order valence-electron chi connectivity index (χ1n) is 11.8.